The van der Waals surface area contributed by atoms with Crippen LogP contribution in [-0.4, -0.2) is 42.7 Å². The van der Waals surface area contributed by atoms with Gasteiger partial charge in [0.25, 0.3) is 0 Å². The third kappa shape index (κ3) is 3.52. The van der Waals surface area contributed by atoms with Gasteiger partial charge in [-0.15, -0.1) is 0 Å². The van der Waals surface area contributed by atoms with Crippen LogP contribution in [0.2, 0.25) is 0 Å². The molecule has 1 aliphatic heterocycles. The molecule has 0 spiro atoms. The predicted octanol–water partition coefficient (Wildman–Crippen LogP) is 1.64. The minimum absolute atomic E-state index is 0.552. The van der Waals surface area contributed by atoms with Gasteiger partial charge in [0.05, 0.1) is 5.60 Å². The van der Waals surface area contributed by atoms with E-state index in [0.717, 1.165) is 18.7 Å². The summed E-state index contributed by atoms with van der Waals surface area (Å²) in [7, 11) is 2.16. The first-order valence-corrected chi connectivity index (χ1v) is 7.19. The molecule has 2 heterocycles. The molecule has 3 nitrogen and oxygen atoms in total. The quantitative estimate of drug-likeness (QED) is 0.857. The summed E-state index contributed by atoms with van der Waals surface area (Å²) in [6.45, 7) is 4.83. The zero-order valence-corrected chi connectivity index (χ0v) is 11.5. The highest BCUT2D eigenvalue weighted by atomic mass is 32.1. The first kappa shape index (κ1) is 13.0. The van der Waals surface area contributed by atoms with Crippen LogP contribution < -0.4 is 5.32 Å². The third-order valence-corrected chi connectivity index (χ3v) is 4.28. The summed E-state index contributed by atoms with van der Waals surface area (Å²) in [5.41, 5.74) is 0.270. The number of thiophene rings is 1. The van der Waals surface area contributed by atoms with E-state index in [1.54, 1.807) is 11.3 Å². The second kappa shape index (κ2) is 5.48. The average Bonchev–Trinajstić information content (AvgIpc) is 2.82. The molecule has 1 aromatic heterocycles. The Bertz CT molecular complexity index is 329. The van der Waals surface area contributed by atoms with Crippen molar-refractivity contribution in [3.05, 3.63) is 22.4 Å². The van der Waals surface area contributed by atoms with Crippen LogP contribution in [0.5, 0.6) is 0 Å². The number of nitrogens with zero attached hydrogens (tertiary/aromatic N) is 1. The largest absolute Gasteiger partial charge is 0.384 e. The molecule has 0 radical (unpaired) electrons. The number of hydrogen-bond donors (Lipinski definition) is 2. The highest BCUT2D eigenvalue weighted by Gasteiger charge is 2.25. The zero-order valence-electron chi connectivity index (χ0n) is 10.6. The zero-order chi connectivity index (χ0) is 12.3. The Morgan fingerprint density at radius 1 is 1.53 bits per heavy atom. The van der Waals surface area contributed by atoms with E-state index >= 15 is 0 Å². The minimum atomic E-state index is -0.747. The van der Waals surface area contributed by atoms with Gasteiger partial charge in [0.1, 0.15) is 0 Å². The van der Waals surface area contributed by atoms with Crippen LogP contribution in [0.1, 0.15) is 25.3 Å². The molecule has 17 heavy (non-hydrogen) atoms. The fraction of sp³-hybridized carbons (Fsp3) is 0.692. The second-order valence-electron chi connectivity index (χ2n) is 5.24. The van der Waals surface area contributed by atoms with Gasteiger partial charge >= 0.3 is 0 Å². The van der Waals surface area contributed by atoms with E-state index in [2.05, 4.69) is 17.3 Å². The van der Waals surface area contributed by atoms with Crippen molar-refractivity contribution < 1.29 is 5.11 Å². The first-order valence-electron chi connectivity index (χ1n) is 6.25. The lowest BCUT2D eigenvalue weighted by Gasteiger charge is -2.32. The van der Waals surface area contributed by atoms with Gasteiger partial charge in [0.2, 0.25) is 0 Å². The number of rotatable bonds is 4. The average molecular weight is 254 g/mol. The van der Waals surface area contributed by atoms with Crippen LogP contribution >= 0.6 is 11.3 Å². The molecule has 0 aliphatic carbocycles. The Hall–Kier alpha value is -0.420. The molecule has 1 atom stereocenters. The highest BCUT2D eigenvalue weighted by molar-refractivity contribution is 7.08. The number of hydrogen-bond acceptors (Lipinski definition) is 4. The fourth-order valence-corrected chi connectivity index (χ4v) is 3.01. The van der Waals surface area contributed by atoms with Crippen LogP contribution in [0.15, 0.2) is 16.8 Å². The Morgan fingerprint density at radius 2 is 2.24 bits per heavy atom. The molecule has 96 valence electrons. The highest BCUT2D eigenvalue weighted by Crippen LogP contribution is 2.22. The van der Waals surface area contributed by atoms with Crippen molar-refractivity contribution in [2.75, 3.05) is 26.7 Å². The van der Waals surface area contributed by atoms with Crippen LogP contribution in [-0.2, 0) is 5.60 Å². The van der Waals surface area contributed by atoms with E-state index in [-0.39, 0.29) is 0 Å². The number of likely N-dealkylation sites (tertiary alicyclic amines) is 1. The number of piperidine rings is 1. The maximum atomic E-state index is 10.4. The number of nitrogens with one attached hydrogen (secondary N) is 1. The Labute approximate surface area is 107 Å². The molecule has 1 aromatic rings. The van der Waals surface area contributed by atoms with Crippen LogP contribution in [0, 0.1) is 0 Å². The van der Waals surface area contributed by atoms with Crippen molar-refractivity contribution in [2.24, 2.45) is 0 Å². The molecule has 1 aliphatic rings. The first-order chi connectivity index (χ1) is 8.08. The molecule has 0 saturated carbocycles. The molecule has 0 bridgehead atoms. The summed E-state index contributed by atoms with van der Waals surface area (Å²) in [5.74, 6) is 0. The van der Waals surface area contributed by atoms with Crippen molar-refractivity contribution in [1.29, 1.82) is 0 Å². The van der Waals surface area contributed by atoms with Crippen LogP contribution in [0.3, 0.4) is 0 Å². The molecular formula is C13H22N2OS. The van der Waals surface area contributed by atoms with E-state index in [4.69, 9.17) is 0 Å². The van der Waals surface area contributed by atoms with Crippen molar-refractivity contribution in [3.8, 4) is 0 Å². The Balaban J connectivity index is 1.81. The van der Waals surface area contributed by atoms with Gasteiger partial charge in [-0.25, -0.2) is 0 Å². The summed E-state index contributed by atoms with van der Waals surface area (Å²) in [4.78, 5) is 2.36. The van der Waals surface area contributed by atoms with Gasteiger partial charge in [0, 0.05) is 12.6 Å². The topological polar surface area (TPSA) is 35.5 Å². The fourth-order valence-electron chi connectivity index (χ4n) is 2.23. The molecule has 0 aromatic carbocycles. The van der Waals surface area contributed by atoms with Gasteiger partial charge < -0.3 is 15.3 Å². The van der Waals surface area contributed by atoms with Crippen LogP contribution in [0.25, 0.3) is 0 Å². The monoisotopic (exact) mass is 254 g/mol. The Morgan fingerprint density at radius 3 is 2.82 bits per heavy atom. The number of aliphatic hydroxyl groups is 1. The maximum Gasteiger partial charge on any atom is 0.1000 e. The van der Waals surface area contributed by atoms with Crippen molar-refractivity contribution >= 4 is 11.3 Å². The van der Waals surface area contributed by atoms with Crippen molar-refractivity contribution in [1.82, 2.24) is 10.2 Å². The van der Waals surface area contributed by atoms with E-state index in [1.165, 1.54) is 12.8 Å². The molecular weight excluding hydrogens is 232 g/mol. The molecule has 4 heteroatoms. The lowest BCUT2D eigenvalue weighted by atomic mass is 9.97. The summed E-state index contributed by atoms with van der Waals surface area (Å²) < 4.78 is 0. The lowest BCUT2D eigenvalue weighted by molar-refractivity contribution is 0.0512. The standard InChI is InChI=1S/C13H22N2OS/c1-13(16,11-5-8-17-9-11)10-14-12-3-6-15(2)7-4-12/h5,8-9,12,14,16H,3-4,6-7,10H2,1-2H3. The molecule has 2 rings (SSSR count). The molecule has 1 unspecified atom stereocenters. The summed E-state index contributed by atoms with van der Waals surface area (Å²) in [5, 5.41) is 17.9. The van der Waals surface area contributed by atoms with Gasteiger partial charge in [0.15, 0.2) is 0 Å². The van der Waals surface area contributed by atoms with Gasteiger partial charge in [-0.1, -0.05) is 0 Å². The molecule has 1 saturated heterocycles. The Kier molecular flexibility index (Phi) is 4.20. The van der Waals surface area contributed by atoms with Crippen molar-refractivity contribution in [3.63, 3.8) is 0 Å². The third-order valence-electron chi connectivity index (χ3n) is 3.60. The molecule has 2 N–H and O–H groups in total. The minimum Gasteiger partial charge on any atom is -0.384 e. The predicted molar refractivity (Wildman–Crippen MR) is 72.4 cm³/mol. The second-order valence-corrected chi connectivity index (χ2v) is 6.02. The van der Waals surface area contributed by atoms with E-state index < -0.39 is 5.60 Å². The van der Waals surface area contributed by atoms with Gasteiger partial charge in [-0.2, -0.15) is 11.3 Å². The molecule has 1 fully saturated rings. The smallest absolute Gasteiger partial charge is 0.1000 e. The van der Waals surface area contributed by atoms with Crippen LogP contribution in [0.4, 0.5) is 0 Å². The molecule has 0 amide bonds. The summed E-state index contributed by atoms with van der Waals surface area (Å²) >= 11 is 1.63. The SMILES string of the molecule is CN1CCC(NCC(C)(O)c2ccsc2)CC1. The maximum absolute atomic E-state index is 10.4. The van der Waals surface area contributed by atoms with E-state index in [9.17, 15) is 5.11 Å². The summed E-state index contributed by atoms with van der Waals surface area (Å²) in [6, 6.07) is 2.55. The van der Waals surface area contributed by atoms with E-state index in [0.29, 0.717) is 12.6 Å². The van der Waals surface area contributed by atoms with E-state index in [1.807, 2.05) is 23.8 Å². The lowest BCUT2D eigenvalue weighted by Crippen LogP contribution is -2.45. The van der Waals surface area contributed by atoms with Crippen molar-refractivity contribution in [2.45, 2.75) is 31.4 Å². The summed E-state index contributed by atoms with van der Waals surface area (Å²) in [6.07, 6.45) is 2.35. The van der Waals surface area contributed by atoms with Gasteiger partial charge in [-0.3, -0.25) is 0 Å². The normalized spacial score (nSPS) is 22.5. The van der Waals surface area contributed by atoms with Gasteiger partial charge in [-0.05, 0) is 62.3 Å².